The number of ketones is 3. The van der Waals surface area contributed by atoms with Gasteiger partial charge in [-0.15, -0.1) is 0 Å². The van der Waals surface area contributed by atoms with Gasteiger partial charge in [0.1, 0.15) is 17.3 Å². The van der Waals surface area contributed by atoms with E-state index < -0.39 is 0 Å². The second-order valence-electron chi connectivity index (χ2n) is 9.61. The molecule has 0 heterocycles. The lowest BCUT2D eigenvalue weighted by Gasteiger charge is -2.59. The molecule has 3 nitrogen and oxygen atoms in total. The molecule has 0 aromatic carbocycles. The molecule has 4 rings (SSSR count). The van der Waals surface area contributed by atoms with Gasteiger partial charge in [0.2, 0.25) is 0 Å². The monoisotopic (exact) mass is 330 g/mol. The fourth-order valence-electron chi connectivity index (χ4n) is 7.07. The summed E-state index contributed by atoms with van der Waals surface area (Å²) in [6, 6.07) is 0. The van der Waals surface area contributed by atoms with Gasteiger partial charge in [-0.25, -0.2) is 0 Å². The number of carbonyl (C=O) groups is 3. The Balaban J connectivity index is 1.66. The summed E-state index contributed by atoms with van der Waals surface area (Å²) in [5, 5.41) is 0. The van der Waals surface area contributed by atoms with Crippen LogP contribution in [0.4, 0.5) is 0 Å². The number of rotatable bonds is 1. The first-order chi connectivity index (χ1) is 11.3. The molecule has 0 saturated heterocycles. The van der Waals surface area contributed by atoms with Gasteiger partial charge < -0.3 is 0 Å². The van der Waals surface area contributed by atoms with Gasteiger partial charge in [0, 0.05) is 30.1 Å². The number of hydrogen-bond acceptors (Lipinski definition) is 3. The highest BCUT2D eigenvalue weighted by Crippen LogP contribution is 2.64. The Morgan fingerprint density at radius 1 is 1.04 bits per heavy atom. The molecule has 0 unspecified atom stereocenters. The standard InChI is InChI=1S/C21H30O3/c1-12(22)13-6-8-20(2)14(10-13)11-17(23)19-15-4-5-18(24)21(15,3)9-7-16(19)20/h13-16,19H,4-11H2,1-3H3/t13-,14+,15+,16+,19-,20-,21-/m0/s1. The van der Waals surface area contributed by atoms with Gasteiger partial charge in [-0.05, 0) is 68.6 Å². The fraction of sp³-hybridized carbons (Fsp3) is 0.857. The van der Waals surface area contributed by atoms with E-state index in [-0.39, 0.29) is 28.6 Å². The SMILES string of the molecule is CC(=O)[C@H]1CC[C@@]2(C)[C@@H](CC(=O)[C@@H]3[C@H]2CC[C@]2(C)C(=O)CC[C@H]32)C1. The zero-order chi connectivity index (χ0) is 17.3. The maximum Gasteiger partial charge on any atom is 0.139 e. The highest BCUT2D eigenvalue weighted by molar-refractivity contribution is 5.90. The topological polar surface area (TPSA) is 51.2 Å². The van der Waals surface area contributed by atoms with Crippen molar-refractivity contribution < 1.29 is 14.4 Å². The van der Waals surface area contributed by atoms with Gasteiger partial charge >= 0.3 is 0 Å². The van der Waals surface area contributed by atoms with Crippen LogP contribution < -0.4 is 0 Å². The number of Topliss-reactive ketones (excluding diaryl/α,β-unsaturated/α-hetero) is 3. The lowest BCUT2D eigenvalue weighted by Crippen LogP contribution is -2.57. The molecule has 24 heavy (non-hydrogen) atoms. The molecule has 4 aliphatic carbocycles. The van der Waals surface area contributed by atoms with E-state index >= 15 is 0 Å². The summed E-state index contributed by atoms with van der Waals surface area (Å²) in [7, 11) is 0. The lowest BCUT2D eigenvalue weighted by molar-refractivity contribution is -0.159. The van der Waals surface area contributed by atoms with E-state index in [0.29, 0.717) is 42.0 Å². The summed E-state index contributed by atoms with van der Waals surface area (Å²) in [5.74, 6) is 2.43. The Hall–Kier alpha value is -0.990. The summed E-state index contributed by atoms with van der Waals surface area (Å²) >= 11 is 0. The first-order valence-electron chi connectivity index (χ1n) is 9.84. The molecule has 0 amide bonds. The summed E-state index contributed by atoms with van der Waals surface area (Å²) in [6.07, 6.45) is 7.18. The molecule has 0 bridgehead atoms. The van der Waals surface area contributed by atoms with Gasteiger partial charge in [0.25, 0.3) is 0 Å². The molecular formula is C21H30O3. The van der Waals surface area contributed by atoms with Crippen molar-refractivity contribution in [1.29, 1.82) is 0 Å². The molecule has 0 radical (unpaired) electrons. The van der Waals surface area contributed by atoms with Crippen LogP contribution in [0.2, 0.25) is 0 Å². The molecule has 4 aliphatic rings. The van der Waals surface area contributed by atoms with Crippen molar-refractivity contribution in [2.75, 3.05) is 0 Å². The second kappa shape index (κ2) is 5.25. The molecule has 0 aromatic heterocycles. The van der Waals surface area contributed by atoms with Crippen molar-refractivity contribution in [2.45, 2.75) is 72.1 Å². The average Bonchev–Trinajstić information content (AvgIpc) is 2.83. The van der Waals surface area contributed by atoms with E-state index in [1.165, 1.54) is 0 Å². The predicted octanol–water partition coefficient (Wildman–Crippen LogP) is 3.98. The van der Waals surface area contributed by atoms with Crippen molar-refractivity contribution in [3.8, 4) is 0 Å². The smallest absolute Gasteiger partial charge is 0.139 e. The van der Waals surface area contributed by atoms with Crippen LogP contribution >= 0.6 is 0 Å². The minimum absolute atomic E-state index is 0.102. The molecule has 4 saturated carbocycles. The number of fused-ring (bicyclic) bond motifs is 5. The maximum absolute atomic E-state index is 13.1. The van der Waals surface area contributed by atoms with E-state index in [2.05, 4.69) is 13.8 Å². The van der Waals surface area contributed by atoms with Gasteiger partial charge in [-0.3, -0.25) is 14.4 Å². The van der Waals surface area contributed by atoms with Crippen LogP contribution in [-0.4, -0.2) is 17.3 Å². The van der Waals surface area contributed by atoms with Gasteiger partial charge in [-0.1, -0.05) is 13.8 Å². The zero-order valence-corrected chi connectivity index (χ0v) is 15.3. The first-order valence-corrected chi connectivity index (χ1v) is 9.84. The Morgan fingerprint density at radius 3 is 2.50 bits per heavy atom. The minimum Gasteiger partial charge on any atom is -0.300 e. The third kappa shape index (κ3) is 2.05. The van der Waals surface area contributed by atoms with E-state index in [1.54, 1.807) is 6.92 Å². The molecule has 0 aromatic rings. The highest BCUT2D eigenvalue weighted by atomic mass is 16.1. The van der Waals surface area contributed by atoms with Gasteiger partial charge in [-0.2, -0.15) is 0 Å². The predicted molar refractivity (Wildman–Crippen MR) is 91.3 cm³/mol. The summed E-state index contributed by atoms with van der Waals surface area (Å²) in [5.41, 5.74) is -0.0475. The van der Waals surface area contributed by atoms with Crippen LogP contribution in [-0.2, 0) is 14.4 Å². The molecule has 7 atom stereocenters. The first kappa shape index (κ1) is 16.5. The Kier molecular flexibility index (Phi) is 3.61. The third-order valence-electron chi connectivity index (χ3n) is 8.75. The quantitative estimate of drug-likeness (QED) is 0.730. The van der Waals surface area contributed by atoms with Crippen molar-refractivity contribution in [2.24, 2.45) is 40.4 Å². The minimum atomic E-state index is -0.239. The number of carbonyl (C=O) groups excluding carboxylic acids is 3. The Labute approximate surface area is 144 Å². The van der Waals surface area contributed by atoms with Gasteiger partial charge in [0.05, 0.1) is 0 Å². The van der Waals surface area contributed by atoms with Crippen LogP contribution in [0.3, 0.4) is 0 Å². The van der Waals surface area contributed by atoms with Crippen LogP contribution in [0.1, 0.15) is 72.1 Å². The number of hydrogen-bond donors (Lipinski definition) is 0. The normalized spacial score (nSPS) is 50.9. The molecule has 0 N–H and O–H groups in total. The van der Waals surface area contributed by atoms with E-state index in [9.17, 15) is 14.4 Å². The van der Waals surface area contributed by atoms with Crippen molar-refractivity contribution in [3.05, 3.63) is 0 Å². The fourth-order valence-corrected chi connectivity index (χ4v) is 7.07. The maximum atomic E-state index is 13.1. The average molecular weight is 330 g/mol. The Morgan fingerprint density at radius 2 is 1.79 bits per heavy atom. The summed E-state index contributed by atoms with van der Waals surface area (Å²) in [4.78, 5) is 37.4. The van der Waals surface area contributed by atoms with Crippen LogP contribution in [0, 0.1) is 40.4 Å². The molecule has 0 aliphatic heterocycles. The lowest BCUT2D eigenvalue weighted by atomic mass is 9.44. The molecule has 0 spiro atoms. The van der Waals surface area contributed by atoms with E-state index in [4.69, 9.17) is 0 Å². The van der Waals surface area contributed by atoms with E-state index in [0.717, 1.165) is 38.5 Å². The zero-order valence-electron chi connectivity index (χ0n) is 15.3. The molecule has 3 heteroatoms. The van der Waals surface area contributed by atoms with Crippen molar-refractivity contribution in [3.63, 3.8) is 0 Å². The molecular weight excluding hydrogens is 300 g/mol. The Bertz CT molecular complexity index is 608. The van der Waals surface area contributed by atoms with Crippen LogP contribution in [0.15, 0.2) is 0 Å². The summed E-state index contributed by atoms with van der Waals surface area (Å²) in [6.45, 7) is 6.21. The molecule has 132 valence electrons. The second-order valence-corrected chi connectivity index (χ2v) is 9.61. The van der Waals surface area contributed by atoms with Crippen molar-refractivity contribution >= 4 is 17.3 Å². The highest BCUT2D eigenvalue weighted by Gasteiger charge is 2.62. The van der Waals surface area contributed by atoms with Crippen LogP contribution in [0.5, 0.6) is 0 Å². The summed E-state index contributed by atoms with van der Waals surface area (Å²) < 4.78 is 0. The molecule has 4 fully saturated rings. The van der Waals surface area contributed by atoms with E-state index in [1.807, 2.05) is 0 Å². The van der Waals surface area contributed by atoms with Gasteiger partial charge in [0.15, 0.2) is 0 Å². The van der Waals surface area contributed by atoms with Crippen LogP contribution in [0.25, 0.3) is 0 Å². The largest absolute Gasteiger partial charge is 0.300 e. The third-order valence-corrected chi connectivity index (χ3v) is 8.75. The van der Waals surface area contributed by atoms with Crippen molar-refractivity contribution in [1.82, 2.24) is 0 Å².